The van der Waals surface area contributed by atoms with Crippen LogP contribution in [0.3, 0.4) is 0 Å². The topological polar surface area (TPSA) is 268 Å². The summed E-state index contributed by atoms with van der Waals surface area (Å²) in [6.07, 6.45) is 11.7. The number of hydrogen-bond acceptors (Lipinski definition) is 15. The second-order valence-corrected chi connectivity index (χ2v) is 20.2. The molecule has 0 radical (unpaired) electrons. The van der Waals surface area contributed by atoms with Crippen LogP contribution in [0.5, 0.6) is 0 Å². The van der Waals surface area contributed by atoms with Crippen LogP contribution >= 0.6 is 0 Å². The van der Waals surface area contributed by atoms with E-state index < -0.39 is 111 Å². The van der Waals surface area contributed by atoms with Crippen molar-refractivity contribution in [1.29, 1.82) is 0 Å². The Kier molecular flexibility index (Phi) is 34.9. The first-order valence-corrected chi connectivity index (χ1v) is 26.8. The van der Waals surface area contributed by atoms with Crippen LogP contribution in [0.15, 0.2) is 0 Å². The molecule has 0 aromatic heterocycles. The van der Waals surface area contributed by atoms with Gasteiger partial charge in [0.15, 0.2) is 12.6 Å². The molecule has 0 unspecified atom stereocenters. The molecule has 0 aliphatic carbocycles. The molecular formula is C51H99NO15. The second kappa shape index (κ2) is 37.7. The third kappa shape index (κ3) is 25.7. The Labute approximate surface area is 403 Å². The average molecular weight is 966 g/mol. The lowest BCUT2D eigenvalue weighted by molar-refractivity contribution is -0.331. The number of aliphatic hydroxyl groups is 10. The van der Waals surface area contributed by atoms with E-state index in [1.165, 1.54) is 116 Å². The van der Waals surface area contributed by atoms with Crippen LogP contribution < -0.4 is 5.32 Å². The van der Waals surface area contributed by atoms with Gasteiger partial charge in [0.25, 0.3) is 0 Å². The van der Waals surface area contributed by atoms with Crippen molar-refractivity contribution < 1.29 is 74.8 Å². The van der Waals surface area contributed by atoms with Crippen LogP contribution in [0.4, 0.5) is 0 Å². The zero-order valence-electron chi connectivity index (χ0n) is 41.8. The first-order valence-electron chi connectivity index (χ1n) is 26.8. The Balaban J connectivity index is 1.86. The molecule has 0 bridgehead atoms. The highest BCUT2D eigenvalue weighted by atomic mass is 16.7. The highest BCUT2D eigenvalue weighted by molar-refractivity contribution is 5.80. The maximum Gasteiger partial charge on any atom is 0.249 e. The maximum atomic E-state index is 13.3. The molecule has 2 aliphatic heterocycles. The van der Waals surface area contributed by atoms with Crippen LogP contribution in [0.1, 0.15) is 207 Å². The van der Waals surface area contributed by atoms with E-state index in [-0.39, 0.29) is 12.8 Å². The smallest absolute Gasteiger partial charge is 0.249 e. The summed E-state index contributed by atoms with van der Waals surface area (Å²) < 4.78 is 22.4. The number of hydrogen-bond donors (Lipinski definition) is 11. The van der Waals surface area contributed by atoms with E-state index in [2.05, 4.69) is 26.1 Å². The van der Waals surface area contributed by atoms with Crippen molar-refractivity contribution in [3.05, 3.63) is 0 Å². The number of nitrogens with one attached hydrogen (secondary N) is 1. The van der Waals surface area contributed by atoms with Crippen LogP contribution in [0.2, 0.25) is 0 Å². The van der Waals surface area contributed by atoms with E-state index in [0.29, 0.717) is 12.8 Å². The lowest BCUT2D eigenvalue weighted by atomic mass is 9.98. The molecule has 16 heteroatoms. The van der Waals surface area contributed by atoms with E-state index in [0.717, 1.165) is 50.9 Å². The Morgan fingerprint density at radius 3 is 1.34 bits per heavy atom. The molecule has 11 N–H and O–H groups in total. The Hall–Kier alpha value is -1.09. The number of rotatable bonds is 41. The van der Waals surface area contributed by atoms with Crippen molar-refractivity contribution in [2.75, 3.05) is 19.8 Å². The summed E-state index contributed by atoms with van der Waals surface area (Å²) >= 11 is 0. The number of aliphatic hydroxyl groups excluding tert-OH is 10. The van der Waals surface area contributed by atoms with E-state index in [4.69, 9.17) is 18.9 Å². The molecule has 0 spiro atoms. The van der Waals surface area contributed by atoms with Crippen molar-refractivity contribution in [3.63, 3.8) is 0 Å². The summed E-state index contributed by atoms with van der Waals surface area (Å²) in [6, 6.07) is -1.27. The fraction of sp³-hybridized carbons (Fsp3) is 0.980. The predicted octanol–water partition coefficient (Wildman–Crippen LogP) is 5.18. The third-order valence-electron chi connectivity index (χ3n) is 13.7. The summed E-state index contributed by atoms with van der Waals surface area (Å²) in [5.41, 5.74) is 0. The van der Waals surface area contributed by atoms with Crippen molar-refractivity contribution in [2.24, 2.45) is 5.92 Å². The second-order valence-electron chi connectivity index (χ2n) is 20.2. The third-order valence-corrected chi connectivity index (χ3v) is 13.7. The van der Waals surface area contributed by atoms with Crippen molar-refractivity contribution in [1.82, 2.24) is 5.32 Å². The van der Waals surface area contributed by atoms with Gasteiger partial charge in [-0.2, -0.15) is 0 Å². The SMILES string of the molecule is CCCCCCCCCCCCCCCCCCCC[C@@H](O)C(=O)N[C@@H](CO[C@@H]1O[C@H](CO[C@H]2O[C@H](CO)[C@H](O)[C@H](O)[C@H]2O)[C@@H](O)[C@H](O)[C@H]1O)[C@H](O)[C@H](O)CCCCCCCCCCC(C)C. The Bertz CT molecular complexity index is 1190. The zero-order valence-corrected chi connectivity index (χ0v) is 41.8. The van der Waals surface area contributed by atoms with Crippen LogP contribution in [0.25, 0.3) is 0 Å². The highest BCUT2D eigenvalue weighted by Crippen LogP contribution is 2.27. The van der Waals surface area contributed by atoms with Gasteiger partial charge in [-0.15, -0.1) is 0 Å². The van der Waals surface area contributed by atoms with Gasteiger partial charge in [-0.25, -0.2) is 0 Å². The van der Waals surface area contributed by atoms with Crippen molar-refractivity contribution >= 4 is 5.91 Å². The van der Waals surface area contributed by atoms with Gasteiger partial charge in [0, 0.05) is 0 Å². The zero-order chi connectivity index (χ0) is 49.4. The molecule has 0 aromatic carbocycles. The van der Waals surface area contributed by atoms with E-state index in [1.54, 1.807) is 0 Å². The van der Waals surface area contributed by atoms with Gasteiger partial charge in [-0.05, 0) is 18.8 Å². The fourth-order valence-electron chi connectivity index (χ4n) is 9.07. The van der Waals surface area contributed by atoms with Gasteiger partial charge in [0.1, 0.15) is 61.0 Å². The van der Waals surface area contributed by atoms with Crippen molar-refractivity contribution in [2.45, 2.75) is 293 Å². The Morgan fingerprint density at radius 2 is 0.896 bits per heavy atom. The average Bonchev–Trinajstić information content (AvgIpc) is 3.31. The standard InChI is InChI=1S/C51H99NO15/c1-4-5-6-7-8-9-10-11-12-13-14-15-16-17-18-23-26-29-32-39(55)49(63)52-37(42(56)38(54)31-28-25-22-20-19-21-24-27-30-36(2)3)34-64-50-48(62)46(60)44(58)41(67-50)35-65-51-47(61)45(59)43(57)40(33-53)66-51/h36-48,50-51,53-62H,4-35H2,1-3H3,(H,52,63)/t37-,38+,39+,40+,41+,42-,43-,44+,45-,46-,47+,48+,50+,51-/m0/s1. The first-order chi connectivity index (χ1) is 32.2. The molecule has 0 saturated carbocycles. The van der Waals surface area contributed by atoms with Gasteiger partial charge in [0.2, 0.25) is 5.91 Å². The lowest BCUT2D eigenvalue weighted by Gasteiger charge is -2.43. The minimum absolute atomic E-state index is 0.208. The van der Waals surface area contributed by atoms with E-state index >= 15 is 0 Å². The maximum absolute atomic E-state index is 13.3. The molecule has 2 rings (SSSR count). The van der Waals surface area contributed by atoms with Gasteiger partial charge in [0.05, 0.1) is 32.0 Å². The monoisotopic (exact) mass is 966 g/mol. The molecule has 1 amide bonds. The van der Waals surface area contributed by atoms with Gasteiger partial charge in [-0.1, -0.05) is 194 Å². The molecule has 14 atom stereocenters. The predicted molar refractivity (Wildman–Crippen MR) is 257 cm³/mol. The number of amides is 1. The number of carbonyl (C=O) groups is 1. The number of ether oxygens (including phenoxy) is 4. The van der Waals surface area contributed by atoms with E-state index in [1.807, 2.05) is 0 Å². The Morgan fingerprint density at radius 1 is 0.507 bits per heavy atom. The molecule has 2 saturated heterocycles. The van der Waals surface area contributed by atoms with Gasteiger partial charge >= 0.3 is 0 Å². The summed E-state index contributed by atoms with van der Waals surface area (Å²) in [5.74, 6) is -0.0383. The minimum Gasteiger partial charge on any atom is -0.394 e. The molecule has 67 heavy (non-hydrogen) atoms. The molecule has 0 aromatic rings. The molecule has 2 aliphatic rings. The summed E-state index contributed by atoms with van der Waals surface area (Å²) in [6.45, 7) is 4.94. The fourth-order valence-corrected chi connectivity index (χ4v) is 9.07. The quantitative estimate of drug-likeness (QED) is 0.0353. The number of carbonyl (C=O) groups excluding carboxylic acids is 1. The normalized spacial score (nSPS) is 27.6. The van der Waals surface area contributed by atoms with Crippen LogP contribution in [-0.4, -0.2) is 163 Å². The van der Waals surface area contributed by atoms with Crippen LogP contribution in [0, 0.1) is 5.92 Å². The lowest BCUT2D eigenvalue weighted by Crippen LogP contribution is -2.62. The van der Waals surface area contributed by atoms with Gasteiger partial charge in [-0.3, -0.25) is 4.79 Å². The van der Waals surface area contributed by atoms with E-state index in [9.17, 15) is 55.9 Å². The molecule has 2 heterocycles. The summed E-state index contributed by atoms with van der Waals surface area (Å²) in [4.78, 5) is 13.3. The van der Waals surface area contributed by atoms with Crippen molar-refractivity contribution in [3.8, 4) is 0 Å². The van der Waals surface area contributed by atoms with Crippen LogP contribution in [-0.2, 0) is 23.7 Å². The molecular weight excluding hydrogens is 867 g/mol. The minimum atomic E-state index is -1.82. The highest BCUT2D eigenvalue weighted by Gasteiger charge is 2.48. The summed E-state index contributed by atoms with van der Waals surface area (Å²) in [7, 11) is 0. The number of unbranched alkanes of at least 4 members (excludes halogenated alkanes) is 24. The summed E-state index contributed by atoms with van der Waals surface area (Å²) in [5, 5.41) is 108. The largest absolute Gasteiger partial charge is 0.394 e. The van der Waals surface area contributed by atoms with Gasteiger partial charge < -0.3 is 75.3 Å². The molecule has 398 valence electrons. The molecule has 2 fully saturated rings. The molecule has 16 nitrogen and oxygen atoms in total. The first kappa shape index (κ1) is 62.0.